The van der Waals surface area contributed by atoms with Crippen LogP contribution in [0.3, 0.4) is 0 Å². The predicted octanol–water partition coefficient (Wildman–Crippen LogP) is 3.75. The number of fused-ring (bicyclic) bond motifs is 1. The first-order chi connectivity index (χ1) is 9.61. The molecule has 0 amide bonds. The number of rotatable bonds is 2. The molecule has 20 heavy (non-hydrogen) atoms. The maximum atomic E-state index is 14.2. The molecule has 0 atom stereocenters. The van der Waals surface area contributed by atoms with Gasteiger partial charge in [0.25, 0.3) is 0 Å². The van der Waals surface area contributed by atoms with E-state index in [2.05, 4.69) is 9.97 Å². The molecule has 0 saturated heterocycles. The fraction of sp³-hybridized carbons (Fsp3) is 0.143. The van der Waals surface area contributed by atoms with Crippen LogP contribution >= 0.6 is 11.6 Å². The van der Waals surface area contributed by atoms with Gasteiger partial charge in [-0.1, -0.05) is 0 Å². The number of aromatic nitrogens is 3. The molecular weight excluding hydrogens is 284 g/mol. The van der Waals surface area contributed by atoms with Crippen molar-refractivity contribution >= 4 is 22.6 Å². The van der Waals surface area contributed by atoms with Crippen LogP contribution in [0, 0.1) is 18.6 Å². The van der Waals surface area contributed by atoms with E-state index < -0.39 is 11.6 Å². The van der Waals surface area contributed by atoms with Gasteiger partial charge in [0, 0.05) is 12.3 Å². The summed E-state index contributed by atoms with van der Waals surface area (Å²) in [5, 5.41) is 0. The molecule has 0 bridgehead atoms. The van der Waals surface area contributed by atoms with Gasteiger partial charge >= 0.3 is 0 Å². The average molecular weight is 294 g/mol. The largest absolute Gasteiger partial charge is 0.292 e. The number of hydrogen-bond acceptors (Lipinski definition) is 2. The van der Waals surface area contributed by atoms with E-state index in [9.17, 15) is 8.78 Å². The summed E-state index contributed by atoms with van der Waals surface area (Å²) in [5.74, 6) is -0.468. The predicted molar refractivity (Wildman–Crippen MR) is 73.1 cm³/mol. The second-order valence-corrected chi connectivity index (χ2v) is 4.68. The van der Waals surface area contributed by atoms with E-state index in [-0.39, 0.29) is 17.1 Å². The molecule has 102 valence electrons. The van der Waals surface area contributed by atoms with Gasteiger partial charge in [-0.15, -0.1) is 11.6 Å². The van der Waals surface area contributed by atoms with Gasteiger partial charge in [0.05, 0.1) is 23.3 Å². The Balaban J connectivity index is 2.36. The summed E-state index contributed by atoms with van der Waals surface area (Å²) in [6.45, 7) is 1.51. The summed E-state index contributed by atoms with van der Waals surface area (Å²) >= 11 is 5.86. The van der Waals surface area contributed by atoms with Crippen molar-refractivity contribution in [2.45, 2.75) is 12.8 Å². The molecule has 0 unspecified atom stereocenters. The lowest BCUT2D eigenvalue weighted by atomic mass is 10.2. The van der Waals surface area contributed by atoms with Crippen molar-refractivity contribution in [1.29, 1.82) is 0 Å². The number of halogens is 3. The van der Waals surface area contributed by atoms with Crippen LogP contribution in [0.2, 0.25) is 0 Å². The summed E-state index contributed by atoms with van der Waals surface area (Å²) in [5.41, 5.74) is 1.57. The first-order valence-corrected chi connectivity index (χ1v) is 6.48. The summed E-state index contributed by atoms with van der Waals surface area (Å²) < 4.78 is 29.4. The first-order valence-electron chi connectivity index (χ1n) is 5.95. The third-order valence-corrected chi connectivity index (χ3v) is 3.35. The number of pyridine rings is 1. The average Bonchev–Trinajstić information content (AvgIpc) is 2.81. The molecule has 3 aromatic rings. The van der Waals surface area contributed by atoms with Gasteiger partial charge in [0.2, 0.25) is 0 Å². The Kier molecular flexibility index (Phi) is 3.14. The Hall–Kier alpha value is -2.01. The maximum absolute atomic E-state index is 14.2. The van der Waals surface area contributed by atoms with Crippen LogP contribution in [0.25, 0.3) is 16.7 Å². The lowest BCUT2D eigenvalue weighted by Crippen LogP contribution is -2.03. The number of hydrogen-bond donors (Lipinski definition) is 0. The smallest absolute Gasteiger partial charge is 0.147 e. The molecule has 0 N–H and O–H groups in total. The topological polar surface area (TPSA) is 30.7 Å². The van der Waals surface area contributed by atoms with E-state index in [0.717, 1.165) is 12.1 Å². The van der Waals surface area contributed by atoms with Crippen LogP contribution in [0.4, 0.5) is 8.78 Å². The maximum Gasteiger partial charge on any atom is 0.147 e. The van der Waals surface area contributed by atoms with Crippen molar-refractivity contribution in [3.63, 3.8) is 0 Å². The van der Waals surface area contributed by atoms with Gasteiger partial charge in [0.1, 0.15) is 23.0 Å². The highest BCUT2D eigenvalue weighted by Crippen LogP contribution is 2.25. The monoisotopic (exact) mass is 293 g/mol. The molecule has 0 aliphatic carbocycles. The van der Waals surface area contributed by atoms with E-state index in [0.29, 0.717) is 16.9 Å². The highest BCUT2D eigenvalue weighted by Gasteiger charge is 2.16. The second kappa shape index (κ2) is 4.83. The van der Waals surface area contributed by atoms with Gasteiger partial charge in [-0.2, -0.15) is 0 Å². The molecule has 0 aliphatic rings. The van der Waals surface area contributed by atoms with Gasteiger partial charge in [0.15, 0.2) is 0 Å². The van der Waals surface area contributed by atoms with Crippen molar-refractivity contribution in [1.82, 2.24) is 14.5 Å². The van der Waals surface area contributed by atoms with Crippen molar-refractivity contribution in [3.8, 4) is 5.69 Å². The second-order valence-electron chi connectivity index (χ2n) is 4.41. The Morgan fingerprint density at radius 2 is 2.05 bits per heavy atom. The first kappa shape index (κ1) is 13.0. The van der Waals surface area contributed by atoms with Gasteiger partial charge in [-0.05, 0) is 24.6 Å². The van der Waals surface area contributed by atoms with E-state index >= 15 is 0 Å². The number of aryl methyl sites for hydroxylation is 1. The number of imidazole rings is 1. The lowest BCUT2D eigenvalue weighted by Gasteiger charge is -2.10. The van der Waals surface area contributed by atoms with Crippen LogP contribution in [-0.2, 0) is 5.88 Å². The number of nitrogens with zero attached hydrogens (tertiary/aromatic N) is 3. The molecule has 0 saturated carbocycles. The third kappa shape index (κ3) is 1.94. The standard InChI is InChI=1S/C14H10ClF2N3/c1-8-4-10(17)13(5-9(8)16)20-12-2-3-18-7-11(12)19-14(20)6-15/h2-5,7H,6H2,1H3. The zero-order valence-corrected chi connectivity index (χ0v) is 11.3. The summed E-state index contributed by atoms with van der Waals surface area (Å²) in [6, 6.07) is 4.01. The minimum Gasteiger partial charge on any atom is -0.292 e. The Bertz CT molecular complexity index is 798. The van der Waals surface area contributed by atoms with Crippen LogP contribution in [0.1, 0.15) is 11.4 Å². The van der Waals surface area contributed by atoms with E-state index in [4.69, 9.17) is 11.6 Å². The quantitative estimate of drug-likeness (QED) is 0.674. The number of alkyl halides is 1. The molecule has 2 aromatic heterocycles. The molecule has 0 aliphatic heterocycles. The Morgan fingerprint density at radius 1 is 1.25 bits per heavy atom. The molecule has 2 heterocycles. The zero-order chi connectivity index (χ0) is 14.3. The van der Waals surface area contributed by atoms with Crippen LogP contribution in [0.5, 0.6) is 0 Å². The third-order valence-electron chi connectivity index (χ3n) is 3.11. The minimum absolute atomic E-state index is 0.0869. The Morgan fingerprint density at radius 3 is 2.80 bits per heavy atom. The summed E-state index contributed by atoms with van der Waals surface area (Å²) in [4.78, 5) is 8.24. The van der Waals surface area contributed by atoms with Crippen LogP contribution in [0.15, 0.2) is 30.6 Å². The van der Waals surface area contributed by atoms with E-state index in [1.54, 1.807) is 18.5 Å². The minimum atomic E-state index is -0.522. The van der Waals surface area contributed by atoms with E-state index in [1.165, 1.54) is 11.5 Å². The zero-order valence-electron chi connectivity index (χ0n) is 10.6. The molecule has 0 spiro atoms. The molecule has 3 nitrogen and oxygen atoms in total. The number of benzene rings is 1. The molecule has 0 radical (unpaired) electrons. The van der Waals surface area contributed by atoms with Crippen molar-refractivity contribution in [2.24, 2.45) is 0 Å². The highest BCUT2D eigenvalue weighted by atomic mass is 35.5. The Labute approximate surface area is 118 Å². The normalized spacial score (nSPS) is 11.2. The lowest BCUT2D eigenvalue weighted by molar-refractivity contribution is 0.585. The van der Waals surface area contributed by atoms with Crippen molar-refractivity contribution < 1.29 is 8.78 Å². The molecule has 3 rings (SSSR count). The molecule has 0 fully saturated rings. The van der Waals surface area contributed by atoms with Gasteiger partial charge in [-0.3, -0.25) is 9.55 Å². The van der Waals surface area contributed by atoms with Crippen molar-refractivity contribution in [3.05, 3.63) is 53.6 Å². The van der Waals surface area contributed by atoms with Crippen LogP contribution < -0.4 is 0 Å². The van der Waals surface area contributed by atoms with E-state index in [1.807, 2.05) is 0 Å². The fourth-order valence-electron chi connectivity index (χ4n) is 2.15. The summed E-state index contributed by atoms with van der Waals surface area (Å²) in [7, 11) is 0. The SMILES string of the molecule is Cc1cc(F)c(-n2c(CCl)nc3cnccc32)cc1F. The molecular formula is C14H10ClF2N3. The highest BCUT2D eigenvalue weighted by molar-refractivity contribution is 6.17. The van der Waals surface area contributed by atoms with Gasteiger partial charge < -0.3 is 0 Å². The molecule has 1 aromatic carbocycles. The van der Waals surface area contributed by atoms with Crippen molar-refractivity contribution in [2.75, 3.05) is 0 Å². The summed E-state index contributed by atoms with van der Waals surface area (Å²) in [6.07, 6.45) is 3.13. The fourth-order valence-corrected chi connectivity index (χ4v) is 2.33. The van der Waals surface area contributed by atoms with Crippen LogP contribution in [-0.4, -0.2) is 14.5 Å². The van der Waals surface area contributed by atoms with Gasteiger partial charge in [-0.25, -0.2) is 13.8 Å². The molecule has 6 heteroatoms.